The maximum absolute atomic E-state index is 12.6. The Hall–Kier alpha value is -2.66. The second-order valence-corrected chi connectivity index (χ2v) is 6.20. The number of hydrogen-bond donors (Lipinski definition) is 1. The molecule has 0 spiro atoms. The third kappa shape index (κ3) is 3.46. The number of amides is 1. The minimum absolute atomic E-state index is 0.0283. The Morgan fingerprint density at radius 3 is 2.71 bits per heavy atom. The molecular weight excluding hydrogens is 300 g/mol. The van der Waals surface area contributed by atoms with Gasteiger partial charge in [0, 0.05) is 12.4 Å². The van der Waals surface area contributed by atoms with E-state index < -0.39 is 0 Å². The van der Waals surface area contributed by atoms with Crippen molar-refractivity contribution in [3.8, 4) is 0 Å². The molecule has 5 nitrogen and oxygen atoms in total. The average molecular weight is 322 g/mol. The zero-order chi connectivity index (χ0) is 17.1. The second-order valence-electron chi connectivity index (χ2n) is 6.20. The van der Waals surface area contributed by atoms with Crippen LogP contribution in [-0.4, -0.2) is 34.3 Å². The van der Waals surface area contributed by atoms with E-state index in [0.717, 1.165) is 16.9 Å². The number of likely N-dealkylation sites (N-methyl/N-ethyl adjacent to an activating group) is 1. The van der Waals surface area contributed by atoms with Crippen LogP contribution in [-0.2, 0) is 11.3 Å². The third-order valence-corrected chi connectivity index (χ3v) is 3.99. The molecule has 0 fully saturated rings. The molecule has 24 heavy (non-hydrogen) atoms. The van der Waals surface area contributed by atoms with Crippen molar-refractivity contribution < 1.29 is 4.79 Å². The van der Waals surface area contributed by atoms with Crippen LogP contribution in [0.2, 0.25) is 0 Å². The Labute approximate surface area is 141 Å². The summed E-state index contributed by atoms with van der Waals surface area (Å²) in [6.45, 7) is 2.45. The Morgan fingerprint density at radius 1 is 1.25 bits per heavy atom. The lowest BCUT2D eigenvalue weighted by Crippen LogP contribution is -2.36. The Kier molecular flexibility index (Phi) is 4.62. The smallest absolute Gasteiger partial charge is 0.242 e. The van der Waals surface area contributed by atoms with Gasteiger partial charge in [0.1, 0.15) is 11.7 Å². The first-order valence-corrected chi connectivity index (χ1v) is 7.98. The van der Waals surface area contributed by atoms with E-state index in [1.165, 1.54) is 5.56 Å². The fourth-order valence-corrected chi connectivity index (χ4v) is 2.82. The van der Waals surface area contributed by atoms with Crippen molar-refractivity contribution >= 4 is 11.6 Å². The molecule has 1 unspecified atom stereocenters. The van der Waals surface area contributed by atoms with E-state index in [2.05, 4.69) is 10.3 Å². The summed E-state index contributed by atoms with van der Waals surface area (Å²) >= 11 is 0. The van der Waals surface area contributed by atoms with E-state index in [1.807, 2.05) is 85.2 Å². The molecule has 0 bridgehead atoms. The van der Waals surface area contributed by atoms with Gasteiger partial charge >= 0.3 is 0 Å². The fourth-order valence-electron chi connectivity index (χ4n) is 2.82. The first-order valence-electron chi connectivity index (χ1n) is 7.98. The van der Waals surface area contributed by atoms with Crippen molar-refractivity contribution in [2.45, 2.75) is 19.5 Å². The normalized spacial score (nSPS) is 12.5. The van der Waals surface area contributed by atoms with Crippen molar-refractivity contribution in [3.63, 3.8) is 0 Å². The Balaban J connectivity index is 1.73. The molecule has 1 aromatic carbocycles. The van der Waals surface area contributed by atoms with Gasteiger partial charge in [-0.3, -0.25) is 9.69 Å². The van der Waals surface area contributed by atoms with E-state index >= 15 is 0 Å². The molecule has 1 N–H and O–H groups in total. The van der Waals surface area contributed by atoms with Gasteiger partial charge in [0.2, 0.25) is 5.91 Å². The van der Waals surface area contributed by atoms with Crippen LogP contribution in [0.3, 0.4) is 0 Å². The molecule has 0 saturated carbocycles. The maximum Gasteiger partial charge on any atom is 0.242 e. The predicted molar refractivity (Wildman–Crippen MR) is 94.6 cm³/mol. The standard InChI is InChI=1S/C19H22N4O/c1-14-9-10-23-13-16(21-17(23)11-14)12-20-19(24)18(22(2)3)15-7-5-4-6-8-15/h4-11,13,18H,12H2,1-3H3,(H,20,24). The molecule has 2 aromatic heterocycles. The Morgan fingerprint density at radius 2 is 2.00 bits per heavy atom. The van der Waals surface area contributed by atoms with Gasteiger partial charge in [-0.25, -0.2) is 4.98 Å². The number of imidazole rings is 1. The summed E-state index contributed by atoms with van der Waals surface area (Å²) in [6, 6.07) is 13.5. The topological polar surface area (TPSA) is 49.6 Å². The molecule has 3 aromatic rings. The molecule has 0 aliphatic rings. The number of carbonyl (C=O) groups excluding carboxylic acids is 1. The van der Waals surface area contributed by atoms with Gasteiger partial charge in [0.25, 0.3) is 0 Å². The van der Waals surface area contributed by atoms with Crippen LogP contribution in [0.4, 0.5) is 0 Å². The number of nitrogens with one attached hydrogen (secondary N) is 1. The van der Waals surface area contributed by atoms with Crippen molar-refractivity contribution in [2.75, 3.05) is 14.1 Å². The largest absolute Gasteiger partial charge is 0.349 e. The minimum atomic E-state index is -0.314. The molecule has 2 heterocycles. The highest BCUT2D eigenvalue weighted by atomic mass is 16.2. The molecule has 5 heteroatoms. The SMILES string of the molecule is Cc1ccn2cc(CNC(=O)C(c3ccccc3)N(C)C)nc2c1. The summed E-state index contributed by atoms with van der Waals surface area (Å²) in [6.07, 6.45) is 3.93. The molecular formula is C19H22N4O. The fraction of sp³-hybridized carbons (Fsp3) is 0.263. The minimum Gasteiger partial charge on any atom is -0.349 e. The maximum atomic E-state index is 12.6. The zero-order valence-electron chi connectivity index (χ0n) is 14.2. The van der Waals surface area contributed by atoms with Crippen LogP contribution in [0.1, 0.15) is 22.9 Å². The van der Waals surface area contributed by atoms with Gasteiger partial charge in [-0.15, -0.1) is 0 Å². The van der Waals surface area contributed by atoms with Gasteiger partial charge in [0.15, 0.2) is 0 Å². The number of nitrogens with zero attached hydrogens (tertiary/aromatic N) is 3. The van der Waals surface area contributed by atoms with Crippen LogP contribution >= 0.6 is 0 Å². The van der Waals surface area contributed by atoms with Crippen LogP contribution in [0.5, 0.6) is 0 Å². The van der Waals surface area contributed by atoms with Gasteiger partial charge in [0.05, 0.1) is 12.2 Å². The molecule has 1 atom stereocenters. The van der Waals surface area contributed by atoms with E-state index in [0.29, 0.717) is 6.54 Å². The second kappa shape index (κ2) is 6.84. The summed E-state index contributed by atoms with van der Waals surface area (Å²) in [5, 5.41) is 3.00. The van der Waals surface area contributed by atoms with Crippen LogP contribution in [0.25, 0.3) is 5.65 Å². The number of fused-ring (bicyclic) bond motifs is 1. The van der Waals surface area contributed by atoms with Crippen molar-refractivity contribution in [1.29, 1.82) is 0 Å². The highest BCUT2D eigenvalue weighted by Gasteiger charge is 2.22. The zero-order valence-corrected chi connectivity index (χ0v) is 14.2. The number of benzene rings is 1. The number of aromatic nitrogens is 2. The third-order valence-electron chi connectivity index (χ3n) is 3.99. The first kappa shape index (κ1) is 16.2. The summed E-state index contributed by atoms with van der Waals surface area (Å²) < 4.78 is 1.97. The average Bonchev–Trinajstić information content (AvgIpc) is 2.95. The Bertz CT molecular complexity index is 839. The summed E-state index contributed by atoms with van der Waals surface area (Å²) in [5.41, 5.74) is 3.89. The lowest BCUT2D eigenvalue weighted by atomic mass is 10.1. The number of carbonyl (C=O) groups is 1. The quantitative estimate of drug-likeness (QED) is 0.785. The summed E-state index contributed by atoms with van der Waals surface area (Å²) in [5.74, 6) is -0.0283. The van der Waals surface area contributed by atoms with Gasteiger partial charge in [-0.05, 0) is 44.3 Å². The van der Waals surface area contributed by atoms with Crippen molar-refractivity contribution in [1.82, 2.24) is 19.6 Å². The predicted octanol–water partition coefficient (Wildman–Crippen LogP) is 2.56. The molecule has 0 saturated heterocycles. The number of aryl methyl sites for hydroxylation is 1. The molecule has 124 valence electrons. The monoisotopic (exact) mass is 322 g/mol. The van der Waals surface area contributed by atoms with Crippen molar-refractivity contribution in [2.24, 2.45) is 0 Å². The highest BCUT2D eigenvalue weighted by molar-refractivity contribution is 5.83. The lowest BCUT2D eigenvalue weighted by Gasteiger charge is -2.23. The van der Waals surface area contributed by atoms with Crippen LogP contribution < -0.4 is 5.32 Å². The number of rotatable bonds is 5. The molecule has 0 radical (unpaired) electrons. The van der Waals surface area contributed by atoms with E-state index in [4.69, 9.17) is 0 Å². The summed E-state index contributed by atoms with van der Waals surface area (Å²) in [7, 11) is 3.82. The molecule has 1 amide bonds. The lowest BCUT2D eigenvalue weighted by molar-refractivity contribution is -0.126. The van der Waals surface area contributed by atoms with E-state index in [-0.39, 0.29) is 11.9 Å². The van der Waals surface area contributed by atoms with Gasteiger partial charge < -0.3 is 9.72 Å². The molecule has 0 aliphatic carbocycles. The highest BCUT2D eigenvalue weighted by Crippen LogP contribution is 2.18. The van der Waals surface area contributed by atoms with Gasteiger partial charge in [-0.1, -0.05) is 30.3 Å². The van der Waals surface area contributed by atoms with Crippen LogP contribution in [0.15, 0.2) is 54.9 Å². The summed E-state index contributed by atoms with van der Waals surface area (Å²) in [4.78, 5) is 19.1. The number of pyridine rings is 1. The van der Waals surface area contributed by atoms with Gasteiger partial charge in [-0.2, -0.15) is 0 Å². The number of hydrogen-bond acceptors (Lipinski definition) is 3. The van der Waals surface area contributed by atoms with Crippen molar-refractivity contribution in [3.05, 3.63) is 71.7 Å². The first-order chi connectivity index (χ1) is 11.5. The molecule has 3 rings (SSSR count). The van der Waals surface area contributed by atoms with E-state index in [1.54, 1.807) is 0 Å². The van der Waals surface area contributed by atoms with E-state index in [9.17, 15) is 4.79 Å². The molecule has 0 aliphatic heterocycles. The van der Waals surface area contributed by atoms with Crippen LogP contribution in [0, 0.1) is 6.92 Å².